The zero-order chi connectivity index (χ0) is 13.2. The average Bonchev–Trinajstić information content (AvgIpc) is 2.15. The highest BCUT2D eigenvalue weighted by atomic mass is 127. The molecule has 6 nitrogen and oxygen atoms in total. The standard InChI is InChI=1S/C7H4F3IN2O4/c8-7(9,10)17-6-4(2-14)12-1-3(11)5(6)13(15)16/h1,14H,2H2. The number of nitrogens with zero attached hydrogens (tertiary/aromatic N) is 2. The first-order chi connectivity index (χ1) is 7.76. The van der Waals surface area contributed by atoms with Gasteiger partial charge in [0.1, 0.15) is 9.26 Å². The lowest BCUT2D eigenvalue weighted by Crippen LogP contribution is -2.20. The van der Waals surface area contributed by atoms with Gasteiger partial charge in [0.25, 0.3) is 0 Å². The van der Waals surface area contributed by atoms with Gasteiger partial charge in [-0.15, -0.1) is 13.2 Å². The van der Waals surface area contributed by atoms with Gasteiger partial charge in [0.15, 0.2) is 0 Å². The van der Waals surface area contributed by atoms with Crippen molar-refractivity contribution in [3.63, 3.8) is 0 Å². The van der Waals surface area contributed by atoms with Crippen LogP contribution in [0.4, 0.5) is 18.9 Å². The number of halogens is 4. The molecule has 0 aliphatic heterocycles. The minimum Gasteiger partial charge on any atom is -0.396 e. The maximum atomic E-state index is 12.1. The monoisotopic (exact) mass is 364 g/mol. The van der Waals surface area contributed by atoms with Crippen LogP contribution in [0.15, 0.2) is 6.20 Å². The number of aliphatic hydroxyl groups is 1. The molecule has 0 fully saturated rings. The number of hydrogen-bond donors (Lipinski definition) is 1. The average molecular weight is 364 g/mol. The first-order valence-corrected chi connectivity index (χ1v) is 5.02. The summed E-state index contributed by atoms with van der Waals surface area (Å²) < 4.78 is 39.6. The van der Waals surface area contributed by atoms with Crippen molar-refractivity contribution in [2.45, 2.75) is 13.0 Å². The van der Waals surface area contributed by atoms with Gasteiger partial charge in [-0.05, 0) is 22.6 Å². The van der Waals surface area contributed by atoms with Crippen molar-refractivity contribution in [2.75, 3.05) is 0 Å². The predicted octanol–water partition coefficient (Wildman–Crippen LogP) is 1.99. The molecule has 0 aliphatic carbocycles. The Morgan fingerprint density at radius 3 is 2.59 bits per heavy atom. The van der Waals surface area contributed by atoms with Crippen LogP contribution in [0.3, 0.4) is 0 Å². The number of pyridine rings is 1. The molecule has 10 heteroatoms. The van der Waals surface area contributed by atoms with E-state index in [0.717, 1.165) is 6.20 Å². The second-order valence-corrected chi connectivity index (χ2v) is 3.86. The van der Waals surface area contributed by atoms with Crippen molar-refractivity contribution in [3.8, 4) is 5.75 Å². The van der Waals surface area contributed by atoms with Crippen molar-refractivity contribution < 1.29 is 27.9 Å². The van der Waals surface area contributed by atoms with Crippen molar-refractivity contribution in [3.05, 3.63) is 25.6 Å². The quantitative estimate of drug-likeness (QED) is 0.504. The number of rotatable bonds is 3. The molecule has 1 aromatic heterocycles. The van der Waals surface area contributed by atoms with Gasteiger partial charge >= 0.3 is 12.0 Å². The van der Waals surface area contributed by atoms with Gasteiger partial charge in [-0.2, -0.15) is 0 Å². The van der Waals surface area contributed by atoms with Crippen LogP contribution >= 0.6 is 22.6 Å². The SMILES string of the molecule is O=[N+]([O-])c1c(I)cnc(CO)c1OC(F)(F)F. The maximum absolute atomic E-state index is 12.1. The molecule has 0 unspecified atom stereocenters. The minimum absolute atomic E-state index is 0.121. The van der Waals surface area contributed by atoms with E-state index in [9.17, 15) is 23.3 Å². The fourth-order valence-electron chi connectivity index (χ4n) is 1.01. The minimum atomic E-state index is -5.10. The molecule has 94 valence electrons. The van der Waals surface area contributed by atoms with E-state index in [2.05, 4.69) is 9.72 Å². The topological polar surface area (TPSA) is 85.5 Å². The molecule has 1 aromatic rings. The molecule has 0 aliphatic rings. The largest absolute Gasteiger partial charge is 0.573 e. The molecule has 1 rings (SSSR count). The molecule has 0 amide bonds. The maximum Gasteiger partial charge on any atom is 0.573 e. The normalized spacial score (nSPS) is 11.4. The lowest BCUT2D eigenvalue weighted by Gasteiger charge is -2.12. The molecule has 0 spiro atoms. The van der Waals surface area contributed by atoms with Gasteiger partial charge in [0.05, 0.1) is 11.5 Å². The Balaban J connectivity index is 3.40. The summed E-state index contributed by atoms with van der Waals surface area (Å²) >= 11 is 1.45. The van der Waals surface area contributed by atoms with E-state index in [1.165, 1.54) is 22.6 Å². The summed E-state index contributed by atoms with van der Waals surface area (Å²) in [5.41, 5.74) is -1.42. The highest BCUT2D eigenvalue weighted by Crippen LogP contribution is 2.37. The molecule has 17 heavy (non-hydrogen) atoms. The first kappa shape index (κ1) is 13.9. The second-order valence-electron chi connectivity index (χ2n) is 2.69. The van der Waals surface area contributed by atoms with Gasteiger partial charge in [0, 0.05) is 6.20 Å². The van der Waals surface area contributed by atoms with E-state index >= 15 is 0 Å². The number of nitro groups is 1. The van der Waals surface area contributed by atoms with Crippen molar-refractivity contribution in [2.24, 2.45) is 0 Å². The van der Waals surface area contributed by atoms with Gasteiger partial charge in [-0.25, -0.2) is 0 Å². The predicted molar refractivity (Wildman–Crippen MR) is 56.2 cm³/mol. The molecule has 0 saturated heterocycles. The van der Waals surface area contributed by atoms with E-state index in [-0.39, 0.29) is 3.57 Å². The number of aliphatic hydroxyl groups excluding tert-OH is 1. The zero-order valence-electron chi connectivity index (χ0n) is 7.86. The molecular weight excluding hydrogens is 360 g/mol. The van der Waals surface area contributed by atoms with Crippen molar-refractivity contribution in [1.82, 2.24) is 4.98 Å². The van der Waals surface area contributed by atoms with Crippen LogP contribution in [0.1, 0.15) is 5.69 Å². The highest BCUT2D eigenvalue weighted by molar-refractivity contribution is 14.1. The zero-order valence-corrected chi connectivity index (χ0v) is 10.0. The van der Waals surface area contributed by atoms with Gasteiger partial charge in [-0.1, -0.05) is 0 Å². The Morgan fingerprint density at radius 1 is 1.59 bits per heavy atom. The summed E-state index contributed by atoms with van der Waals surface area (Å²) in [6, 6.07) is 0. The lowest BCUT2D eigenvalue weighted by molar-refractivity contribution is -0.389. The summed E-state index contributed by atoms with van der Waals surface area (Å²) in [6.07, 6.45) is -4.12. The molecule has 0 radical (unpaired) electrons. The van der Waals surface area contributed by atoms with Crippen LogP contribution < -0.4 is 4.74 Å². The summed E-state index contributed by atoms with van der Waals surface area (Å²) in [4.78, 5) is 13.1. The summed E-state index contributed by atoms with van der Waals surface area (Å²) in [6.45, 7) is -0.900. The number of hydrogen-bond acceptors (Lipinski definition) is 5. The van der Waals surface area contributed by atoms with Crippen molar-refractivity contribution >= 4 is 28.3 Å². The Labute approximate surface area is 106 Å². The van der Waals surface area contributed by atoms with E-state index in [0.29, 0.717) is 0 Å². The third-order valence-electron chi connectivity index (χ3n) is 1.59. The fourth-order valence-corrected chi connectivity index (χ4v) is 1.59. The van der Waals surface area contributed by atoms with Crippen LogP contribution in [0.2, 0.25) is 0 Å². The van der Waals surface area contributed by atoms with E-state index in [1.807, 2.05) is 0 Å². The Kier molecular flexibility index (Phi) is 4.08. The molecule has 1 heterocycles. The third kappa shape index (κ3) is 3.39. The molecular formula is C7H4F3IN2O4. The van der Waals surface area contributed by atoms with Gasteiger partial charge in [-0.3, -0.25) is 15.1 Å². The molecule has 0 saturated carbocycles. The molecule has 0 atom stereocenters. The Morgan fingerprint density at radius 2 is 2.18 bits per heavy atom. The van der Waals surface area contributed by atoms with E-state index in [1.54, 1.807) is 0 Å². The first-order valence-electron chi connectivity index (χ1n) is 3.94. The van der Waals surface area contributed by atoms with E-state index in [4.69, 9.17) is 5.11 Å². The summed E-state index contributed by atoms with van der Waals surface area (Å²) in [5, 5.41) is 19.4. The van der Waals surface area contributed by atoms with Gasteiger partial charge in [0.2, 0.25) is 5.75 Å². The number of ether oxygens (including phenoxy) is 1. The van der Waals surface area contributed by atoms with Crippen LogP contribution in [0.5, 0.6) is 5.75 Å². The Hall–Kier alpha value is -1.17. The van der Waals surface area contributed by atoms with Crippen LogP contribution in [-0.4, -0.2) is 21.4 Å². The molecule has 0 bridgehead atoms. The Bertz CT molecular complexity index is 451. The third-order valence-corrected chi connectivity index (χ3v) is 2.38. The second kappa shape index (κ2) is 5.00. The summed E-state index contributed by atoms with van der Waals surface area (Å²) in [7, 11) is 0. The fraction of sp³-hybridized carbons (Fsp3) is 0.286. The van der Waals surface area contributed by atoms with Crippen LogP contribution in [0.25, 0.3) is 0 Å². The van der Waals surface area contributed by atoms with Gasteiger partial charge < -0.3 is 9.84 Å². The van der Waals surface area contributed by atoms with Crippen LogP contribution in [-0.2, 0) is 6.61 Å². The summed E-state index contributed by atoms with van der Waals surface area (Å²) in [5.74, 6) is -1.09. The van der Waals surface area contributed by atoms with Crippen LogP contribution in [0, 0.1) is 13.7 Å². The number of alkyl halides is 3. The highest BCUT2D eigenvalue weighted by Gasteiger charge is 2.37. The molecule has 0 aromatic carbocycles. The lowest BCUT2D eigenvalue weighted by atomic mass is 10.3. The van der Waals surface area contributed by atoms with Crippen molar-refractivity contribution in [1.29, 1.82) is 0 Å². The molecule has 1 N–H and O–H groups in total. The number of aromatic nitrogens is 1. The smallest absolute Gasteiger partial charge is 0.396 e. The van der Waals surface area contributed by atoms with E-state index < -0.39 is 35.0 Å².